The number of unbranched alkanes of at least 4 members (excludes halogenated alkanes) is 1. The first-order valence-corrected chi connectivity index (χ1v) is 5.55. The number of hydrogen-bond acceptors (Lipinski definition) is 2. The molecular formula is C9H13Cl3O2. The Morgan fingerprint density at radius 3 is 2.50 bits per heavy atom. The third-order valence-electron chi connectivity index (χ3n) is 1.59. The summed E-state index contributed by atoms with van der Waals surface area (Å²) >= 11 is 16.9. The molecule has 0 aromatic carbocycles. The molecular weight excluding hydrogens is 246 g/mol. The predicted octanol–water partition coefficient (Wildman–Crippen LogP) is 3.30. The second-order valence-corrected chi connectivity index (χ2v) is 4.56. The molecule has 5 heteroatoms. The van der Waals surface area contributed by atoms with Crippen LogP contribution in [0.25, 0.3) is 0 Å². The van der Waals surface area contributed by atoms with Crippen molar-refractivity contribution in [2.75, 3.05) is 12.5 Å². The van der Waals surface area contributed by atoms with E-state index in [9.17, 15) is 4.79 Å². The van der Waals surface area contributed by atoms with Gasteiger partial charge in [-0.05, 0) is 6.42 Å². The molecule has 0 spiro atoms. The molecule has 0 rings (SSSR count). The number of ether oxygens (including phenoxy) is 1. The van der Waals surface area contributed by atoms with E-state index in [1.54, 1.807) is 0 Å². The first-order chi connectivity index (χ1) is 6.45. The number of rotatable bonds is 6. The molecule has 0 atom stereocenters. The molecule has 0 aliphatic heterocycles. The van der Waals surface area contributed by atoms with Crippen molar-refractivity contribution in [1.29, 1.82) is 0 Å². The van der Waals surface area contributed by atoms with Gasteiger partial charge in [-0.3, -0.25) is 0 Å². The van der Waals surface area contributed by atoms with Crippen LogP contribution >= 0.6 is 34.8 Å². The van der Waals surface area contributed by atoms with E-state index in [4.69, 9.17) is 39.5 Å². The lowest BCUT2D eigenvalue weighted by molar-refractivity contribution is -0.139. The van der Waals surface area contributed by atoms with E-state index in [1.807, 2.05) is 6.92 Å². The van der Waals surface area contributed by atoms with Gasteiger partial charge < -0.3 is 4.74 Å². The second-order valence-electron chi connectivity index (χ2n) is 2.81. The molecule has 0 aromatic heterocycles. The Morgan fingerprint density at radius 1 is 1.50 bits per heavy atom. The van der Waals surface area contributed by atoms with E-state index < -0.39 is 10.3 Å². The molecule has 2 nitrogen and oxygen atoms in total. The molecule has 0 heterocycles. The summed E-state index contributed by atoms with van der Waals surface area (Å²) in [6.07, 6.45) is 1.75. The Kier molecular flexibility index (Phi) is 6.58. The molecule has 0 fully saturated rings. The van der Waals surface area contributed by atoms with Gasteiger partial charge in [0, 0.05) is 0 Å². The molecule has 82 valence electrons. The van der Waals surface area contributed by atoms with E-state index in [0.717, 1.165) is 12.8 Å². The highest BCUT2D eigenvalue weighted by molar-refractivity contribution is 6.55. The third kappa shape index (κ3) is 4.54. The zero-order valence-electron chi connectivity index (χ0n) is 7.99. The van der Waals surface area contributed by atoms with E-state index >= 15 is 0 Å². The van der Waals surface area contributed by atoms with Crippen molar-refractivity contribution in [2.24, 2.45) is 0 Å². The number of alkyl halides is 3. The molecule has 0 N–H and O–H groups in total. The Hall–Kier alpha value is 0.0800. The maximum atomic E-state index is 11.3. The Balaban J connectivity index is 4.06. The fourth-order valence-corrected chi connectivity index (χ4v) is 0.942. The van der Waals surface area contributed by atoms with Gasteiger partial charge in [0.15, 0.2) is 4.33 Å². The topological polar surface area (TPSA) is 26.3 Å². The van der Waals surface area contributed by atoms with Crippen molar-refractivity contribution >= 4 is 40.8 Å². The summed E-state index contributed by atoms with van der Waals surface area (Å²) in [5.74, 6) is -0.693. The van der Waals surface area contributed by atoms with E-state index in [1.165, 1.54) is 0 Å². The Bertz CT molecular complexity index is 214. The first-order valence-electron chi connectivity index (χ1n) is 4.26. The Morgan fingerprint density at radius 2 is 2.07 bits per heavy atom. The fraction of sp³-hybridized carbons (Fsp3) is 0.667. The van der Waals surface area contributed by atoms with Crippen molar-refractivity contribution in [2.45, 2.75) is 24.1 Å². The maximum absolute atomic E-state index is 11.3. The van der Waals surface area contributed by atoms with Crippen molar-refractivity contribution < 1.29 is 9.53 Å². The number of carbonyl (C=O) groups excluding carboxylic acids is 1. The summed E-state index contributed by atoms with van der Waals surface area (Å²) in [7, 11) is 0. The normalized spacial score (nSPS) is 11.1. The molecule has 0 aliphatic rings. The molecule has 0 saturated heterocycles. The summed E-state index contributed by atoms with van der Waals surface area (Å²) in [5.41, 5.74) is -0.0214. The van der Waals surface area contributed by atoms with Crippen molar-refractivity contribution in [3.05, 3.63) is 12.2 Å². The number of hydrogen-bond donors (Lipinski definition) is 0. The van der Waals surface area contributed by atoms with Crippen molar-refractivity contribution in [3.63, 3.8) is 0 Å². The van der Waals surface area contributed by atoms with Crippen LogP contribution in [0.15, 0.2) is 12.2 Å². The molecule has 0 aromatic rings. The van der Waals surface area contributed by atoms with Crippen molar-refractivity contribution in [3.8, 4) is 0 Å². The number of carbonyl (C=O) groups is 1. The molecule has 14 heavy (non-hydrogen) atoms. The predicted molar refractivity (Wildman–Crippen MR) is 60.2 cm³/mol. The zero-order chi connectivity index (χ0) is 11.2. The molecule has 0 amide bonds. The highest BCUT2D eigenvalue weighted by Crippen LogP contribution is 2.31. The zero-order valence-corrected chi connectivity index (χ0v) is 10.3. The highest BCUT2D eigenvalue weighted by Gasteiger charge is 2.32. The lowest BCUT2D eigenvalue weighted by Gasteiger charge is -2.17. The molecule has 0 bridgehead atoms. The average Bonchev–Trinajstić information content (AvgIpc) is 2.17. The summed E-state index contributed by atoms with van der Waals surface area (Å²) in [5, 5.41) is 0. The van der Waals surface area contributed by atoms with Crippen LogP contribution in [-0.4, -0.2) is 22.8 Å². The van der Waals surface area contributed by atoms with E-state index in [0.29, 0.717) is 6.61 Å². The minimum Gasteiger partial charge on any atom is -0.462 e. The van der Waals surface area contributed by atoms with Crippen LogP contribution in [0, 0.1) is 0 Å². The van der Waals surface area contributed by atoms with Gasteiger partial charge in [-0.15, -0.1) is 11.6 Å². The average molecular weight is 260 g/mol. The van der Waals surface area contributed by atoms with Gasteiger partial charge >= 0.3 is 5.97 Å². The van der Waals surface area contributed by atoms with Crippen LogP contribution in [0.4, 0.5) is 0 Å². The lowest BCUT2D eigenvalue weighted by Crippen LogP contribution is -2.25. The Labute approximate surface area is 99.2 Å². The van der Waals surface area contributed by atoms with Gasteiger partial charge in [-0.1, -0.05) is 43.1 Å². The largest absolute Gasteiger partial charge is 0.462 e. The smallest absolute Gasteiger partial charge is 0.336 e. The summed E-state index contributed by atoms with van der Waals surface area (Å²) < 4.78 is 3.43. The van der Waals surface area contributed by atoms with Crippen LogP contribution in [0.3, 0.4) is 0 Å². The summed E-state index contributed by atoms with van der Waals surface area (Å²) in [4.78, 5) is 11.3. The van der Waals surface area contributed by atoms with Gasteiger partial charge in [-0.2, -0.15) is 0 Å². The number of halogens is 3. The highest BCUT2D eigenvalue weighted by atomic mass is 35.5. The molecule has 0 saturated carbocycles. The first kappa shape index (κ1) is 14.1. The summed E-state index contributed by atoms with van der Waals surface area (Å²) in [6, 6.07) is 0. The van der Waals surface area contributed by atoms with Crippen LogP contribution in [0.1, 0.15) is 19.8 Å². The number of esters is 1. The van der Waals surface area contributed by atoms with Crippen LogP contribution in [0.5, 0.6) is 0 Å². The van der Waals surface area contributed by atoms with Crippen LogP contribution < -0.4 is 0 Å². The standard InChI is InChI=1S/C9H13Cl3O2/c1-3-4-5-14-8(13)7(2)9(11,12)6-10/h2-6H2,1H3. The summed E-state index contributed by atoms with van der Waals surface area (Å²) in [6.45, 7) is 5.80. The molecule has 0 radical (unpaired) electrons. The van der Waals surface area contributed by atoms with Crippen LogP contribution in [-0.2, 0) is 9.53 Å². The van der Waals surface area contributed by atoms with Crippen molar-refractivity contribution in [1.82, 2.24) is 0 Å². The van der Waals surface area contributed by atoms with Crippen LogP contribution in [0.2, 0.25) is 0 Å². The van der Waals surface area contributed by atoms with Gasteiger partial charge in [0.1, 0.15) is 0 Å². The lowest BCUT2D eigenvalue weighted by atomic mass is 10.2. The molecule has 0 aliphatic carbocycles. The van der Waals surface area contributed by atoms with Gasteiger partial charge in [0.2, 0.25) is 0 Å². The maximum Gasteiger partial charge on any atom is 0.336 e. The van der Waals surface area contributed by atoms with Gasteiger partial charge in [-0.25, -0.2) is 4.79 Å². The molecule has 0 unspecified atom stereocenters. The quantitative estimate of drug-likeness (QED) is 0.317. The van der Waals surface area contributed by atoms with E-state index in [-0.39, 0.29) is 11.5 Å². The minimum absolute atomic E-state index is 0.0214. The second kappa shape index (κ2) is 6.54. The SMILES string of the molecule is C=C(C(=O)OCCCC)C(Cl)(Cl)CCl. The van der Waals surface area contributed by atoms with Gasteiger partial charge in [0.25, 0.3) is 0 Å². The fourth-order valence-electron chi connectivity index (χ4n) is 0.626. The minimum atomic E-state index is -1.44. The van der Waals surface area contributed by atoms with Gasteiger partial charge in [0.05, 0.1) is 18.1 Å². The monoisotopic (exact) mass is 258 g/mol. The third-order valence-corrected chi connectivity index (χ3v) is 2.98. The van der Waals surface area contributed by atoms with E-state index in [2.05, 4.69) is 6.58 Å².